The van der Waals surface area contributed by atoms with Crippen molar-refractivity contribution in [2.24, 2.45) is 5.92 Å². The van der Waals surface area contributed by atoms with Crippen molar-refractivity contribution in [3.8, 4) is 0 Å². The first-order valence-electron chi connectivity index (χ1n) is 5.55. The number of hydrogen-bond donors (Lipinski definition) is 1. The second-order valence-corrected chi connectivity index (χ2v) is 4.51. The SMILES string of the molecule is CCCC(C)C(C(=O)O)c1ccccc1Cl. The van der Waals surface area contributed by atoms with Crippen molar-refractivity contribution in [3.63, 3.8) is 0 Å². The number of rotatable bonds is 5. The number of hydrogen-bond acceptors (Lipinski definition) is 1. The summed E-state index contributed by atoms with van der Waals surface area (Å²) in [6.07, 6.45) is 1.87. The number of benzene rings is 1. The van der Waals surface area contributed by atoms with Crippen LogP contribution in [0.25, 0.3) is 0 Å². The summed E-state index contributed by atoms with van der Waals surface area (Å²) < 4.78 is 0. The number of aliphatic carboxylic acids is 1. The van der Waals surface area contributed by atoms with Gasteiger partial charge in [-0.1, -0.05) is 50.1 Å². The van der Waals surface area contributed by atoms with E-state index in [1.54, 1.807) is 12.1 Å². The van der Waals surface area contributed by atoms with Crippen LogP contribution in [0.5, 0.6) is 0 Å². The topological polar surface area (TPSA) is 37.3 Å². The molecule has 0 amide bonds. The summed E-state index contributed by atoms with van der Waals surface area (Å²) in [5, 5.41) is 9.83. The van der Waals surface area contributed by atoms with E-state index < -0.39 is 11.9 Å². The first-order chi connectivity index (χ1) is 7.57. The van der Waals surface area contributed by atoms with Crippen molar-refractivity contribution in [1.29, 1.82) is 0 Å². The van der Waals surface area contributed by atoms with E-state index in [4.69, 9.17) is 11.6 Å². The molecule has 0 saturated heterocycles. The molecule has 0 aliphatic heterocycles. The van der Waals surface area contributed by atoms with Crippen LogP contribution in [0.3, 0.4) is 0 Å². The maximum Gasteiger partial charge on any atom is 0.311 e. The Labute approximate surface area is 101 Å². The maximum atomic E-state index is 11.3. The number of halogens is 1. The minimum absolute atomic E-state index is 0.0994. The molecule has 16 heavy (non-hydrogen) atoms. The van der Waals surface area contributed by atoms with Gasteiger partial charge in [-0.25, -0.2) is 0 Å². The Morgan fingerprint density at radius 3 is 2.56 bits per heavy atom. The van der Waals surface area contributed by atoms with Crippen LogP contribution < -0.4 is 0 Å². The molecule has 0 heterocycles. The van der Waals surface area contributed by atoms with Crippen LogP contribution in [0.15, 0.2) is 24.3 Å². The van der Waals surface area contributed by atoms with E-state index >= 15 is 0 Å². The van der Waals surface area contributed by atoms with Gasteiger partial charge in [0.2, 0.25) is 0 Å². The number of carbonyl (C=O) groups is 1. The Bertz CT molecular complexity index is 363. The molecule has 2 atom stereocenters. The highest BCUT2D eigenvalue weighted by Gasteiger charge is 2.27. The molecule has 0 aromatic heterocycles. The van der Waals surface area contributed by atoms with Crippen LogP contribution >= 0.6 is 11.6 Å². The van der Waals surface area contributed by atoms with Gasteiger partial charge >= 0.3 is 5.97 Å². The van der Waals surface area contributed by atoms with Crippen LogP contribution in [0.4, 0.5) is 0 Å². The largest absolute Gasteiger partial charge is 0.481 e. The summed E-state index contributed by atoms with van der Waals surface area (Å²) in [4.78, 5) is 11.3. The van der Waals surface area contributed by atoms with Gasteiger partial charge in [0.15, 0.2) is 0 Å². The lowest BCUT2D eigenvalue weighted by Gasteiger charge is -2.20. The summed E-state index contributed by atoms with van der Waals surface area (Å²) in [6, 6.07) is 7.18. The van der Waals surface area contributed by atoms with Gasteiger partial charge in [-0.3, -0.25) is 4.79 Å². The highest BCUT2D eigenvalue weighted by molar-refractivity contribution is 6.31. The monoisotopic (exact) mass is 240 g/mol. The third-order valence-electron chi connectivity index (χ3n) is 2.82. The Kier molecular flexibility index (Phi) is 4.81. The molecule has 3 heteroatoms. The van der Waals surface area contributed by atoms with Crippen molar-refractivity contribution in [3.05, 3.63) is 34.9 Å². The molecular weight excluding hydrogens is 224 g/mol. The Balaban J connectivity index is 3.03. The van der Waals surface area contributed by atoms with Gasteiger partial charge in [0.25, 0.3) is 0 Å². The molecule has 2 unspecified atom stereocenters. The zero-order valence-corrected chi connectivity index (χ0v) is 10.4. The second-order valence-electron chi connectivity index (χ2n) is 4.10. The van der Waals surface area contributed by atoms with E-state index in [-0.39, 0.29) is 5.92 Å². The third kappa shape index (κ3) is 2.99. The fourth-order valence-corrected chi connectivity index (χ4v) is 2.29. The normalized spacial score (nSPS) is 14.4. The van der Waals surface area contributed by atoms with Gasteiger partial charge < -0.3 is 5.11 Å². The predicted octanol–water partition coefficient (Wildman–Crippen LogP) is 3.94. The molecule has 0 radical (unpaired) electrons. The lowest BCUT2D eigenvalue weighted by molar-refractivity contribution is -0.140. The van der Waals surface area contributed by atoms with Crippen molar-refractivity contribution in [2.75, 3.05) is 0 Å². The van der Waals surface area contributed by atoms with Crippen molar-refractivity contribution in [2.45, 2.75) is 32.6 Å². The second kappa shape index (κ2) is 5.90. The van der Waals surface area contributed by atoms with E-state index in [0.717, 1.165) is 18.4 Å². The quantitative estimate of drug-likeness (QED) is 0.846. The van der Waals surface area contributed by atoms with Crippen LogP contribution in [0.2, 0.25) is 5.02 Å². The number of carboxylic acids is 1. The molecule has 1 rings (SSSR count). The smallest absolute Gasteiger partial charge is 0.311 e. The lowest BCUT2D eigenvalue weighted by atomic mass is 9.84. The highest BCUT2D eigenvalue weighted by atomic mass is 35.5. The first-order valence-corrected chi connectivity index (χ1v) is 5.93. The molecule has 1 N–H and O–H groups in total. The molecule has 1 aromatic carbocycles. The third-order valence-corrected chi connectivity index (χ3v) is 3.16. The molecule has 2 nitrogen and oxygen atoms in total. The fourth-order valence-electron chi connectivity index (χ4n) is 2.03. The Morgan fingerprint density at radius 2 is 2.06 bits per heavy atom. The van der Waals surface area contributed by atoms with Crippen LogP contribution in [0.1, 0.15) is 38.2 Å². The summed E-state index contributed by atoms with van der Waals surface area (Å²) in [6.45, 7) is 4.02. The average molecular weight is 241 g/mol. The molecule has 0 bridgehead atoms. The predicted molar refractivity (Wildman–Crippen MR) is 65.9 cm³/mol. The van der Waals surface area contributed by atoms with Crippen molar-refractivity contribution >= 4 is 17.6 Å². The van der Waals surface area contributed by atoms with Gasteiger partial charge in [0.1, 0.15) is 0 Å². The number of carboxylic acid groups (broad SMARTS) is 1. The van der Waals surface area contributed by atoms with Crippen LogP contribution in [-0.4, -0.2) is 11.1 Å². The molecule has 1 aromatic rings. The van der Waals surface area contributed by atoms with E-state index in [9.17, 15) is 9.90 Å². The van der Waals surface area contributed by atoms with Gasteiger partial charge in [-0.2, -0.15) is 0 Å². The zero-order valence-electron chi connectivity index (χ0n) is 9.61. The molecule has 88 valence electrons. The van der Waals surface area contributed by atoms with E-state index in [2.05, 4.69) is 6.92 Å². The van der Waals surface area contributed by atoms with E-state index in [0.29, 0.717) is 5.02 Å². The fraction of sp³-hybridized carbons (Fsp3) is 0.462. The first kappa shape index (κ1) is 13.0. The lowest BCUT2D eigenvalue weighted by Crippen LogP contribution is -2.19. The van der Waals surface area contributed by atoms with Crippen molar-refractivity contribution in [1.82, 2.24) is 0 Å². The van der Waals surface area contributed by atoms with E-state index in [1.807, 2.05) is 19.1 Å². The molecular formula is C13H17ClO2. The van der Waals surface area contributed by atoms with Gasteiger partial charge in [-0.15, -0.1) is 0 Å². The summed E-state index contributed by atoms with van der Waals surface area (Å²) in [5.41, 5.74) is 0.720. The summed E-state index contributed by atoms with van der Waals surface area (Å²) >= 11 is 6.04. The standard InChI is InChI=1S/C13H17ClO2/c1-3-6-9(2)12(13(15)16)10-7-4-5-8-11(10)14/h4-5,7-9,12H,3,6H2,1-2H3,(H,15,16). The maximum absolute atomic E-state index is 11.3. The molecule has 0 aliphatic carbocycles. The van der Waals surface area contributed by atoms with Crippen LogP contribution in [-0.2, 0) is 4.79 Å². The Morgan fingerprint density at radius 1 is 1.44 bits per heavy atom. The molecule has 0 spiro atoms. The minimum atomic E-state index is -0.797. The molecule has 0 fully saturated rings. The van der Waals surface area contributed by atoms with Gasteiger partial charge in [0, 0.05) is 5.02 Å². The van der Waals surface area contributed by atoms with Crippen molar-refractivity contribution < 1.29 is 9.90 Å². The summed E-state index contributed by atoms with van der Waals surface area (Å²) in [5.74, 6) is -1.20. The zero-order chi connectivity index (χ0) is 12.1. The highest BCUT2D eigenvalue weighted by Crippen LogP contribution is 2.32. The average Bonchev–Trinajstić information content (AvgIpc) is 2.21. The minimum Gasteiger partial charge on any atom is -0.481 e. The van der Waals surface area contributed by atoms with E-state index in [1.165, 1.54) is 0 Å². The molecule has 0 saturated carbocycles. The van der Waals surface area contributed by atoms with Crippen LogP contribution in [0, 0.1) is 5.92 Å². The molecule has 0 aliphatic rings. The Hall–Kier alpha value is -1.02. The van der Waals surface area contributed by atoms with Gasteiger partial charge in [-0.05, 0) is 24.0 Å². The van der Waals surface area contributed by atoms with Gasteiger partial charge in [0.05, 0.1) is 5.92 Å². The summed E-state index contributed by atoms with van der Waals surface area (Å²) in [7, 11) is 0.